The molecule has 2 aliphatic heterocycles. The number of alkyl halides is 1. The van der Waals surface area contributed by atoms with Crippen molar-refractivity contribution in [2.24, 2.45) is 5.41 Å². The van der Waals surface area contributed by atoms with Crippen LogP contribution in [0, 0.1) is 15.5 Å². The van der Waals surface area contributed by atoms with E-state index < -0.39 is 43.7 Å². The minimum absolute atomic E-state index is 0.0637. The number of allylic oxidation sites excluding steroid dienone is 2. The van der Waals surface area contributed by atoms with E-state index in [0.717, 1.165) is 94.1 Å². The molecule has 0 radical (unpaired) electrons. The van der Waals surface area contributed by atoms with Crippen LogP contribution in [0.1, 0.15) is 76.1 Å². The lowest BCUT2D eigenvalue weighted by Crippen LogP contribution is -2.47. The lowest BCUT2D eigenvalue weighted by molar-refractivity contribution is -0.386. The number of nitrogens with one attached hydrogen (secondary N) is 2. The fraction of sp³-hybridized carbons (Fsp3) is 0.455. The van der Waals surface area contributed by atoms with Gasteiger partial charge in [0.25, 0.3) is 15.9 Å². The van der Waals surface area contributed by atoms with Gasteiger partial charge in [-0.05, 0) is 73.1 Å². The number of carbonyl (C=O) groups is 1. The van der Waals surface area contributed by atoms with Crippen LogP contribution in [-0.2, 0) is 14.8 Å². The summed E-state index contributed by atoms with van der Waals surface area (Å²) in [6, 6.07) is 11.5. The summed E-state index contributed by atoms with van der Waals surface area (Å²) in [5.74, 6) is -0.890. The molecule has 2 N–H and O–H groups in total. The zero-order valence-electron chi connectivity index (χ0n) is 34.4. The highest BCUT2D eigenvalue weighted by atomic mass is 32.2. The number of aromatic amines is 1. The van der Waals surface area contributed by atoms with Crippen LogP contribution in [0.25, 0.3) is 11.0 Å². The fourth-order valence-corrected chi connectivity index (χ4v) is 9.09. The van der Waals surface area contributed by atoms with Crippen LogP contribution in [0.5, 0.6) is 17.2 Å². The molecule has 16 heteroatoms. The highest BCUT2D eigenvalue weighted by molar-refractivity contribution is 7.90. The number of pyridine rings is 1. The van der Waals surface area contributed by atoms with Crippen LogP contribution >= 0.6 is 0 Å². The molecule has 3 aliphatic rings. The number of hydrogen-bond donors (Lipinski definition) is 2. The van der Waals surface area contributed by atoms with Gasteiger partial charge in [0, 0.05) is 88.2 Å². The summed E-state index contributed by atoms with van der Waals surface area (Å²) in [5, 5.41) is 12.8. The fourth-order valence-electron chi connectivity index (χ4n) is 8.10. The molecule has 2 aromatic heterocycles. The normalized spacial score (nSPS) is 18.3. The lowest BCUT2D eigenvalue weighted by atomic mass is 9.72. The molecule has 4 heterocycles. The first-order valence-electron chi connectivity index (χ1n) is 20.5. The average Bonchev–Trinajstić information content (AvgIpc) is 3.69. The number of nitrogens with zero attached hydrogens (tertiary/aromatic N) is 4. The molecule has 2 fully saturated rings. The number of H-pyrrole nitrogens is 1. The first-order valence-corrected chi connectivity index (χ1v) is 22.0. The van der Waals surface area contributed by atoms with Crippen molar-refractivity contribution in [3.63, 3.8) is 0 Å². The summed E-state index contributed by atoms with van der Waals surface area (Å²) in [6.07, 6.45) is 8.73. The molecule has 4 aromatic rings. The first-order chi connectivity index (χ1) is 28.6. The van der Waals surface area contributed by atoms with Gasteiger partial charge in [0.05, 0.1) is 21.6 Å². The summed E-state index contributed by atoms with van der Waals surface area (Å²) in [5.41, 5.74) is 3.39. The van der Waals surface area contributed by atoms with Gasteiger partial charge >= 0.3 is 5.69 Å². The quantitative estimate of drug-likeness (QED) is 0.0873. The van der Waals surface area contributed by atoms with Crippen molar-refractivity contribution >= 4 is 38.3 Å². The highest BCUT2D eigenvalue weighted by Gasteiger charge is 2.35. The molecule has 0 unspecified atom stereocenters. The van der Waals surface area contributed by atoms with E-state index in [-0.39, 0.29) is 48.5 Å². The highest BCUT2D eigenvalue weighted by Crippen LogP contribution is 2.42. The van der Waals surface area contributed by atoms with Crippen molar-refractivity contribution in [1.82, 2.24) is 19.6 Å². The van der Waals surface area contributed by atoms with E-state index in [1.165, 1.54) is 29.0 Å². The topological polar surface area (TPSA) is 169 Å². The number of benzene rings is 2. The Balaban J connectivity index is 1.09. The number of carbonyl (C=O) groups excluding carboxylic acids is 1. The van der Waals surface area contributed by atoms with Crippen LogP contribution in [0.3, 0.4) is 0 Å². The van der Waals surface area contributed by atoms with Gasteiger partial charge in [0.1, 0.15) is 29.4 Å². The molecule has 0 saturated carbocycles. The molecule has 2 aromatic carbocycles. The van der Waals surface area contributed by atoms with Gasteiger partial charge in [-0.1, -0.05) is 44.9 Å². The van der Waals surface area contributed by atoms with E-state index in [4.69, 9.17) is 14.2 Å². The number of nitro groups is 1. The van der Waals surface area contributed by atoms with Gasteiger partial charge in [-0.25, -0.2) is 22.5 Å². The van der Waals surface area contributed by atoms with Gasteiger partial charge in [-0.3, -0.25) is 19.8 Å². The Morgan fingerprint density at radius 2 is 1.83 bits per heavy atom. The van der Waals surface area contributed by atoms with E-state index in [1.54, 1.807) is 24.4 Å². The predicted octanol–water partition coefficient (Wildman–Crippen LogP) is 8.26. The smallest absolute Gasteiger partial charge is 0.312 e. The molecule has 14 nitrogen and oxygen atoms in total. The van der Waals surface area contributed by atoms with Gasteiger partial charge in [-0.15, -0.1) is 0 Å². The van der Waals surface area contributed by atoms with Crippen molar-refractivity contribution in [3.05, 3.63) is 99.9 Å². The van der Waals surface area contributed by atoms with Crippen LogP contribution in [0.15, 0.2) is 89.1 Å². The van der Waals surface area contributed by atoms with Crippen molar-refractivity contribution in [2.75, 3.05) is 57.4 Å². The van der Waals surface area contributed by atoms with E-state index in [1.807, 2.05) is 10.8 Å². The van der Waals surface area contributed by atoms with E-state index in [0.29, 0.717) is 11.4 Å². The molecule has 2 saturated heterocycles. The lowest BCUT2D eigenvalue weighted by Gasteiger charge is -2.39. The monoisotopic (exact) mass is 844 g/mol. The number of hydrogen-bond acceptors (Lipinski definition) is 11. The third-order valence-corrected chi connectivity index (χ3v) is 13.0. The predicted molar refractivity (Wildman–Crippen MR) is 227 cm³/mol. The summed E-state index contributed by atoms with van der Waals surface area (Å²) in [4.78, 5) is 36.6. The minimum Gasteiger partial charge on any atom is -0.483 e. The number of halogens is 1. The zero-order valence-corrected chi connectivity index (χ0v) is 35.2. The van der Waals surface area contributed by atoms with Crippen molar-refractivity contribution in [1.29, 1.82) is 0 Å². The Bertz CT molecular complexity index is 2400. The van der Waals surface area contributed by atoms with E-state index >= 15 is 4.39 Å². The maximum atomic E-state index is 15.1. The number of ether oxygens (including phenoxy) is 3. The van der Waals surface area contributed by atoms with E-state index in [2.05, 4.69) is 47.1 Å². The summed E-state index contributed by atoms with van der Waals surface area (Å²) < 4.78 is 61.4. The number of nitro benzene ring substituents is 1. The number of aromatic nitrogens is 2. The Morgan fingerprint density at radius 1 is 1.07 bits per heavy atom. The minimum atomic E-state index is -4.65. The molecular weight excluding hydrogens is 792 g/mol. The summed E-state index contributed by atoms with van der Waals surface area (Å²) >= 11 is 0. The number of fused-ring (bicyclic) bond motifs is 1. The van der Waals surface area contributed by atoms with Gasteiger partial charge < -0.3 is 24.1 Å². The molecule has 7 rings (SSSR count). The van der Waals surface area contributed by atoms with Gasteiger partial charge in [0.2, 0.25) is 0 Å². The molecule has 0 spiro atoms. The number of piperazine rings is 1. The molecule has 1 aliphatic carbocycles. The zero-order chi connectivity index (χ0) is 42.7. The summed E-state index contributed by atoms with van der Waals surface area (Å²) in [7, 11) is -4.65. The Hall–Kier alpha value is -5.32. The second-order valence-corrected chi connectivity index (χ2v) is 18.5. The van der Waals surface area contributed by atoms with Crippen molar-refractivity contribution in [3.8, 4) is 17.2 Å². The van der Waals surface area contributed by atoms with Gasteiger partial charge in [0.15, 0.2) is 5.75 Å². The molecule has 60 heavy (non-hydrogen) atoms. The Labute approximate surface area is 350 Å². The van der Waals surface area contributed by atoms with Crippen LogP contribution < -0.4 is 19.1 Å². The maximum absolute atomic E-state index is 15.1. The number of anilines is 1. The van der Waals surface area contributed by atoms with Gasteiger partial charge in [-0.2, -0.15) is 0 Å². The summed E-state index contributed by atoms with van der Waals surface area (Å²) in [6.45, 7) is 15.3. The largest absolute Gasteiger partial charge is 0.483 e. The molecule has 320 valence electrons. The van der Waals surface area contributed by atoms with E-state index in [9.17, 15) is 23.3 Å². The van der Waals surface area contributed by atoms with Crippen molar-refractivity contribution < 1.29 is 36.7 Å². The maximum Gasteiger partial charge on any atom is 0.312 e. The Morgan fingerprint density at radius 3 is 2.57 bits per heavy atom. The average molecular weight is 845 g/mol. The van der Waals surface area contributed by atoms with Crippen molar-refractivity contribution in [2.45, 2.75) is 76.3 Å². The third-order valence-electron chi connectivity index (χ3n) is 11.7. The number of rotatable bonds is 15. The molecular formula is C44H53FN6O8S. The molecule has 1 amide bonds. The molecule has 0 bridgehead atoms. The molecule has 0 atom stereocenters. The standard InChI is InChI=1S/C44H53FN6O8S/c1-5-6-30(2)37-26-43(3,4)13-11-32(37)28-49-17-19-50(20-18-49)33-7-9-36(40(24-33)59-34-23-31-12-16-46-41(31)47-27-34)42(52)48-60(55,56)35-8-10-39(38(25-35)51(53)54)58-29-44(45)14-21-57-22-15-44/h7-10,12,16,23-25,27H,2,5-6,11,13-15,17-22,26,28-29H2,1,3-4H3,(H,46,47)(H,48,52). The second kappa shape index (κ2) is 17.7. The third kappa shape index (κ3) is 9.99. The Kier molecular flexibility index (Phi) is 12.6. The van der Waals surface area contributed by atoms with Crippen LogP contribution in [-0.4, -0.2) is 92.3 Å². The van der Waals surface area contributed by atoms with Crippen LogP contribution in [0.4, 0.5) is 15.8 Å². The first kappa shape index (κ1) is 42.8. The number of amides is 1. The van der Waals surface area contributed by atoms with Crippen LogP contribution in [0.2, 0.25) is 0 Å². The second-order valence-electron chi connectivity index (χ2n) is 16.8. The SMILES string of the molecule is C=C(CCC)C1=C(CN2CCN(c3ccc(C(=O)NS(=O)(=O)c4ccc(OCC5(F)CCOCC5)c([N+](=O)[O-])c4)c(Oc4cnc5[nH]ccc5c4)c3)CC2)CCC(C)(C)C1. The number of sulfonamides is 1.